The molecule has 0 rings (SSSR count). The van der Waals surface area contributed by atoms with Crippen LogP contribution in [0.4, 0.5) is 0 Å². The Bertz CT molecular complexity index is 253. The minimum atomic E-state index is -0.273. The highest BCUT2D eigenvalue weighted by Gasteiger charge is 2.11. The highest BCUT2D eigenvalue weighted by atomic mass is 16.5. The summed E-state index contributed by atoms with van der Waals surface area (Å²) < 4.78 is 4.57. The number of amides is 1. The number of nitrogens with zero attached hydrogens (tertiary/aromatic N) is 2. The Morgan fingerprint density at radius 2 is 1.67 bits per heavy atom. The third kappa shape index (κ3) is 7.27. The lowest BCUT2D eigenvalue weighted by Crippen LogP contribution is -2.34. The normalized spacial score (nSPS) is 10.5. The van der Waals surface area contributed by atoms with Gasteiger partial charge < -0.3 is 14.5 Å². The Labute approximate surface area is 110 Å². The molecule has 0 N–H and O–H groups in total. The quantitative estimate of drug-likeness (QED) is 0.582. The Kier molecular flexibility index (Phi) is 9.28. The van der Waals surface area contributed by atoms with Crippen LogP contribution < -0.4 is 0 Å². The predicted molar refractivity (Wildman–Crippen MR) is 71.3 cm³/mol. The number of carbonyl (C=O) groups excluding carboxylic acids is 2. The summed E-state index contributed by atoms with van der Waals surface area (Å²) in [5.41, 5.74) is 0. The van der Waals surface area contributed by atoms with Crippen LogP contribution >= 0.6 is 0 Å². The molecule has 106 valence electrons. The van der Waals surface area contributed by atoms with E-state index in [-0.39, 0.29) is 18.3 Å². The molecule has 0 aliphatic heterocycles. The van der Waals surface area contributed by atoms with Crippen LogP contribution in [0.25, 0.3) is 0 Å². The molecule has 0 heterocycles. The largest absolute Gasteiger partial charge is 0.469 e. The minimum absolute atomic E-state index is 0.0125. The van der Waals surface area contributed by atoms with Gasteiger partial charge in [-0.05, 0) is 26.1 Å². The Morgan fingerprint density at radius 3 is 2.11 bits per heavy atom. The second-order valence-electron chi connectivity index (χ2n) is 4.21. The molecular weight excluding hydrogens is 232 g/mol. The second kappa shape index (κ2) is 9.88. The zero-order chi connectivity index (χ0) is 14.0. The smallest absolute Gasteiger partial charge is 0.307 e. The number of ether oxygens (including phenoxy) is 1. The summed E-state index contributed by atoms with van der Waals surface area (Å²) in [4.78, 5) is 26.5. The lowest BCUT2D eigenvalue weighted by atomic mass is 10.3. The average molecular weight is 258 g/mol. The molecule has 0 saturated carbocycles. The van der Waals surface area contributed by atoms with Crippen molar-refractivity contribution in [1.82, 2.24) is 9.80 Å². The van der Waals surface area contributed by atoms with Crippen LogP contribution in [-0.4, -0.2) is 61.5 Å². The van der Waals surface area contributed by atoms with Crippen molar-refractivity contribution < 1.29 is 14.3 Å². The molecule has 0 atom stereocenters. The van der Waals surface area contributed by atoms with E-state index in [0.29, 0.717) is 13.1 Å². The van der Waals surface area contributed by atoms with Gasteiger partial charge >= 0.3 is 5.97 Å². The van der Waals surface area contributed by atoms with E-state index in [9.17, 15) is 9.59 Å². The molecule has 18 heavy (non-hydrogen) atoms. The Morgan fingerprint density at radius 1 is 1.06 bits per heavy atom. The lowest BCUT2D eigenvalue weighted by molar-refractivity contribution is -0.141. The maximum atomic E-state index is 11.4. The standard InChI is InChI=1S/C13H26N2O3/c1-5-14(6-2)9-7-10-15(12(3)16)11-8-13(17)18-4/h5-11H2,1-4H3. The number of hydrogen-bond acceptors (Lipinski definition) is 4. The van der Waals surface area contributed by atoms with Gasteiger partial charge in [-0.15, -0.1) is 0 Å². The third-order valence-electron chi connectivity index (χ3n) is 3.06. The van der Waals surface area contributed by atoms with E-state index in [0.717, 1.165) is 26.1 Å². The summed E-state index contributed by atoms with van der Waals surface area (Å²) in [6, 6.07) is 0. The van der Waals surface area contributed by atoms with Crippen molar-refractivity contribution in [3.8, 4) is 0 Å². The molecule has 0 aliphatic rings. The van der Waals surface area contributed by atoms with Gasteiger partial charge in [0, 0.05) is 20.0 Å². The molecule has 1 amide bonds. The zero-order valence-electron chi connectivity index (χ0n) is 12.1. The zero-order valence-corrected chi connectivity index (χ0v) is 12.1. The van der Waals surface area contributed by atoms with Gasteiger partial charge in [0.25, 0.3) is 0 Å². The van der Waals surface area contributed by atoms with E-state index in [2.05, 4.69) is 23.5 Å². The summed E-state index contributed by atoms with van der Waals surface area (Å²) in [6.07, 6.45) is 1.20. The number of rotatable bonds is 9. The monoisotopic (exact) mass is 258 g/mol. The van der Waals surface area contributed by atoms with Gasteiger partial charge in [-0.25, -0.2) is 0 Å². The third-order valence-corrected chi connectivity index (χ3v) is 3.06. The molecule has 5 heteroatoms. The van der Waals surface area contributed by atoms with E-state index in [1.165, 1.54) is 14.0 Å². The van der Waals surface area contributed by atoms with Gasteiger partial charge in [0.05, 0.1) is 13.5 Å². The van der Waals surface area contributed by atoms with Gasteiger partial charge in [0.1, 0.15) is 0 Å². The minimum Gasteiger partial charge on any atom is -0.469 e. The molecular formula is C13H26N2O3. The van der Waals surface area contributed by atoms with Crippen LogP contribution in [0, 0.1) is 0 Å². The molecule has 0 aromatic rings. The van der Waals surface area contributed by atoms with Gasteiger partial charge in [-0.3, -0.25) is 9.59 Å². The maximum absolute atomic E-state index is 11.4. The summed E-state index contributed by atoms with van der Waals surface area (Å²) in [5, 5.41) is 0. The van der Waals surface area contributed by atoms with Gasteiger partial charge in [-0.2, -0.15) is 0 Å². The Hall–Kier alpha value is -1.10. The molecule has 5 nitrogen and oxygen atoms in total. The molecule has 0 spiro atoms. The number of carbonyl (C=O) groups is 2. The van der Waals surface area contributed by atoms with Crippen molar-refractivity contribution in [1.29, 1.82) is 0 Å². The van der Waals surface area contributed by atoms with Crippen molar-refractivity contribution in [3.63, 3.8) is 0 Å². The molecule has 0 aliphatic carbocycles. The maximum Gasteiger partial charge on any atom is 0.307 e. The lowest BCUT2D eigenvalue weighted by Gasteiger charge is -2.23. The predicted octanol–water partition coefficient (Wildman–Crippen LogP) is 1.13. The fourth-order valence-electron chi connectivity index (χ4n) is 1.78. The first-order chi connectivity index (χ1) is 8.54. The van der Waals surface area contributed by atoms with E-state index in [1.807, 2.05) is 0 Å². The average Bonchev–Trinajstić information content (AvgIpc) is 2.37. The first kappa shape index (κ1) is 16.9. The summed E-state index contributed by atoms with van der Waals surface area (Å²) in [7, 11) is 1.36. The van der Waals surface area contributed by atoms with Crippen molar-refractivity contribution in [2.45, 2.75) is 33.6 Å². The van der Waals surface area contributed by atoms with Crippen LogP contribution in [0.2, 0.25) is 0 Å². The number of hydrogen-bond donors (Lipinski definition) is 0. The van der Waals surface area contributed by atoms with Crippen molar-refractivity contribution >= 4 is 11.9 Å². The SMILES string of the molecule is CCN(CC)CCCN(CCC(=O)OC)C(C)=O. The van der Waals surface area contributed by atoms with Crippen LogP contribution in [0.1, 0.15) is 33.6 Å². The van der Waals surface area contributed by atoms with E-state index < -0.39 is 0 Å². The fourth-order valence-corrected chi connectivity index (χ4v) is 1.78. The van der Waals surface area contributed by atoms with Crippen LogP contribution in [0.3, 0.4) is 0 Å². The van der Waals surface area contributed by atoms with Crippen molar-refractivity contribution in [2.24, 2.45) is 0 Å². The summed E-state index contributed by atoms with van der Waals surface area (Å²) >= 11 is 0. The number of esters is 1. The first-order valence-electron chi connectivity index (χ1n) is 6.59. The molecule has 0 aromatic heterocycles. The van der Waals surface area contributed by atoms with E-state index >= 15 is 0 Å². The van der Waals surface area contributed by atoms with E-state index in [1.54, 1.807) is 4.90 Å². The highest BCUT2D eigenvalue weighted by Crippen LogP contribution is 1.99. The highest BCUT2D eigenvalue weighted by molar-refractivity contribution is 5.74. The Balaban J connectivity index is 3.97. The molecule has 0 unspecified atom stereocenters. The van der Waals surface area contributed by atoms with Crippen LogP contribution in [-0.2, 0) is 14.3 Å². The summed E-state index contributed by atoms with van der Waals surface area (Å²) in [6.45, 7) is 9.97. The molecule has 0 saturated heterocycles. The van der Waals surface area contributed by atoms with Gasteiger partial charge in [0.15, 0.2) is 0 Å². The number of methoxy groups -OCH3 is 1. The topological polar surface area (TPSA) is 49.9 Å². The summed E-state index contributed by atoms with van der Waals surface area (Å²) in [5.74, 6) is -0.261. The fraction of sp³-hybridized carbons (Fsp3) is 0.846. The van der Waals surface area contributed by atoms with Crippen molar-refractivity contribution in [2.75, 3.05) is 39.8 Å². The van der Waals surface area contributed by atoms with E-state index in [4.69, 9.17) is 0 Å². The first-order valence-corrected chi connectivity index (χ1v) is 6.59. The molecule has 0 bridgehead atoms. The van der Waals surface area contributed by atoms with Crippen molar-refractivity contribution in [3.05, 3.63) is 0 Å². The second-order valence-corrected chi connectivity index (χ2v) is 4.21. The van der Waals surface area contributed by atoms with Crippen LogP contribution in [0.15, 0.2) is 0 Å². The molecule has 0 fully saturated rings. The van der Waals surface area contributed by atoms with Gasteiger partial charge in [0.2, 0.25) is 5.91 Å². The van der Waals surface area contributed by atoms with Crippen LogP contribution in [0.5, 0.6) is 0 Å². The van der Waals surface area contributed by atoms with Gasteiger partial charge in [-0.1, -0.05) is 13.8 Å². The molecule has 0 aromatic carbocycles. The molecule has 0 radical (unpaired) electrons.